The van der Waals surface area contributed by atoms with Crippen molar-refractivity contribution in [3.63, 3.8) is 0 Å². The zero-order valence-corrected chi connectivity index (χ0v) is 11.6. The summed E-state index contributed by atoms with van der Waals surface area (Å²) in [5.74, 6) is -1.09. The molecule has 1 unspecified atom stereocenters. The van der Waals surface area contributed by atoms with Crippen LogP contribution in [-0.2, 0) is 14.8 Å². The summed E-state index contributed by atoms with van der Waals surface area (Å²) in [5.41, 5.74) is -0.0435. The third-order valence-corrected chi connectivity index (χ3v) is 4.62. The van der Waals surface area contributed by atoms with Crippen molar-refractivity contribution >= 4 is 16.0 Å². The molecule has 0 aromatic heterocycles. The van der Waals surface area contributed by atoms with Crippen molar-refractivity contribution in [1.29, 1.82) is 0 Å². The molecule has 0 bridgehead atoms. The smallest absolute Gasteiger partial charge is 0.303 e. The summed E-state index contributed by atoms with van der Waals surface area (Å²) in [4.78, 5) is 10.3. The van der Waals surface area contributed by atoms with E-state index in [2.05, 4.69) is 17.0 Å². The third kappa shape index (κ3) is 5.79. The molecule has 1 rings (SSSR count). The van der Waals surface area contributed by atoms with E-state index in [9.17, 15) is 13.2 Å². The Balaban J connectivity index is 2.34. The molecule has 0 aromatic rings. The number of carboxylic acids is 1. The number of aliphatic carboxylic acids is 1. The van der Waals surface area contributed by atoms with Gasteiger partial charge in [-0.2, -0.15) is 0 Å². The van der Waals surface area contributed by atoms with Gasteiger partial charge in [-0.25, -0.2) is 13.1 Å². The van der Waals surface area contributed by atoms with Crippen LogP contribution in [0, 0.1) is 5.41 Å². The number of carbonyl (C=O) groups is 1. The van der Waals surface area contributed by atoms with Crippen molar-refractivity contribution in [2.45, 2.75) is 32.6 Å². The Morgan fingerprint density at radius 1 is 1.50 bits per heavy atom. The second kappa shape index (κ2) is 6.49. The van der Waals surface area contributed by atoms with Gasteiger partial charge in [-0.05, 0) is 31.2 Å². The Morgan fingerprint density at radius 3 is 2.78 bits per heavy atom. The van der Waals surface area contributed by atoms with Gasteiger partial charge in [-0.15, -0.1) is 0 Å². The SMILES string of the molecule is CC1(CNS(=O)(=O)CCCC(=O)O)CCCNC1. The number of carboxylic acid groups (broad SMARTS) is 1. The second-order valence-electron chi connectivity index (χ2n) is 5.23. The van der Waals surface area contributed by atoms with Gasteiger partial charge < -0.3 is 10.4 Å². The molecule has 1 aliphatic heterocycles. The number of hydrogen-bond donors (Lipinski definition) is 3. The highest BCUT2D eigenvalue weighted by atomic mass is 32.2. The summed E-state index contributed by atoms with van der Waals surface area (Å²) >= 11 is 0. The number of hydrogen-bond acceptors (Lipinski definition) is 4. The third-order valence-electron chi connectivity index (χ3n) is 3.21. The fourth-order valence-corrected chi connectivity index (χ4v) is 3.28. The summed E-state index contributed by atoms with van der Waals surface area (Å²) < 4.78 is 25.9. The second-order valence-corrected chi connectivity index (χ2v) is 7.15. The van der Waals surface area contributed by atoms with E-state index < -0.39 is 16.0 Å². The topological polar surface area (TPSA) is 95.5 Å². The fourth-order valence-electron chi connectivity index (χ4n) is 2.04. The lowest BCUT2D eigenvalue weighted by Gasteiger charge is -2.34. The van der Waals surface area contributed by atoms with Gasteiger partial charge in [0.05, 0.1) is 5.75 Å². The molecule has 0 aliphatic carbocycles. The molecule has 0 aromatic carbocycles. The van der Waals surface area contributed by atoms with Crippen LogP contribution in [0.15, 0.2) is 0 Å². The van der Waals surface area contributed by atoms with Crippen LogP contribution >= 0.6 is 0 Å². The van der Waals surface area contributed by atoms with Crippen molar-refractivity contribution in [3.8, 4) is 0 Å². The molecule has 106 valence electrons. The lowest BCUT2D eigenvalue weighted by atomic mass is 9.83. The molecule has 1 atom stereocenters. The van der Waals surface area contributed by atoms with Crippen molar-refractivity contribution in [2.75, 3.05) is 25.4 Å². The summed E-state index contributed by atoms with van der Waals surface area (Å²) in [6.07, 6.45) is 2.09. The zero-order chi connectivity index (χ0) is 13.6. The lowest BCUT2D eigenvalue weighted by Crippen LogP contribution is -2.46. The molecule has 0 amide bonds. The highest BCUT2D eigenvalue weighted by Crippen LogP contribution is 2.24. The minimum Gasteiger partial charge on any atom is -0.481 e. The van der Waals surface area contributed by atoms with Gasteiger partial charge >= 0.3 is 5.97 Å². The van der Waals surface area contributed by atoms with Crippen molar-refractivity contribution < 1.29 is 18.3 Å². The quantitative estimate of drug-likeness (QED) is 0.616. The Kier molecular flexibility index (Phi) is 5.55. The molecule has 1 aliphatic rings. The Hall–Kier alpha value is -0.660. The maximum absolute atomic E-state index is 11.7. The van der Waals surface area contributed by atoms with Crippen LogP contribution in [0.1, 0.15) is 32.6 Å². The number of sulfonamides is 1. The molecule has 0 saturated carbocycles. The van der Waals surface area contributed by atoms with E-state index in [0.717, 1.165) is 25.9 Å². The highest BCUT2D eigenvalue weighted by Gasteiger charge is 2.28. The largest absolute Gasteiger partial charge is 0.481 e. The molecule has 1 heterocycles. The average molecular weight is 278 g/mol. The number of nitrogens with one attached hydrogen (secondary N) is 2. The molecule has 7 heteroatoms. The van der Waals surface area contributed by atoms with Gasteiger partial charge in [0.2, 0.25) is 10.0 Å². The standard InChI is InChI=1S/C11H22N2O4S/c1-11(5-3-6-12-8-11)9-13-18(16,17)7-2-4-10(14)15/h12-13H,2-9H2,1H3,(H,14,15). The van der Waals surface area contributed by atoms with Crippen LogP contribution < -0.4 is 10.0 Å². The molecular formula is C11H22N2O4S. The van der Waals surface area contributed by atoms with Crippen LogP contribution in [0.3, 0.4) is 0 Å². The maximum atomic E-state index is 11.7. The molecular weight excluding hydrogens is 256 g/mol. The molecule has 1 fully saturated rings. The van der Waals surface area contributed by atoms with Gasteiger partial charge in [0.15, 0.2) is 0 Å². The summed E-state index contributed by atoms with van der Waals surface area (Å²) in [6, 6.07) is 0. The Bertz CT molecular complexity index is 375. The molecule has 6 nitrogen and oxygen atoms in total. The summed E-state index contributed by atoms with van der Waals surface area (Å²) in [7, 11) is -3.36. The molecule has 0 radical (unpaired) electrons. The van der Waals surface area contributed by atoms with E-state index in [1.54, 1.807) is 0 Å². The van der Waals surface area contributed by atoms with E-state index in [4.69, 9.17) is 5.11 Å². The predicted octanol–water partition coefficient (Wildman–Crippen LogP) is 0.160. The molecule has 3 N–H and O–H groups in total. The van der Waals surface area contributed by atoms with Gasteiger partial charge in [0.1, 0.15) is 0 Å². The highest BCUT2D eigenvalue weighted by molar-refractivity contribution is 7.89. The van der Waals surface area contributed by atoms with Gasteiger partial charge in [0.25, 0.3) is 0 Å². The summed E-state index contributed by atoms with van der Waals surface area (Å²) in [6.45, 7) is 4.26. The minimum atomic E-state index is -3.36. The Morgan fingerprint density at radius 2 is 2.22 bits per heavy atom. The number of rotatable bonds is 7. The monoisotopic (exact) mass is 278 g/mol. The van der Waals surface area contributed by atoms with E-state index in [1.165, 1.54) is 0 Å². The first-order chi connectivity index (χ1) is 8.33. The lowest BCUT2D eigenvalue weighted by molar-refractivity contribution is -0.137. The molecule has 0 spiro atoms. The van der Waals surface area contributed by atoms with E-state index in [0.29, 0.717) is 6.54 Å². The van der Waals surface area contributed by atoms with E-state index >= 15 is 0 Å². The fraction of sp³-hybridized carbons (Fsp3) is 0.909. The van der Waals surface area contributed by atoms with Crippen molar-refractivity contribution in [1.82, 2.24) is 10.0 Å². The summed E-state index contributed by atoms with van der Waals surface area (Å²) in [5, 5.41) is 11.7. The first-order valence-electron chi connectivity index (χ1n) is 6.23. The first-order valence-corrected chi connectivity index (χ1v) is 7.88. The predicted molar refractivity (Wildman–Crippen MR) is 68.9 cm³/mol. The van der Waals surface area contributed by atoms with Crippen molar-refractivity contribution in [2.24, 2.45) is 5.41 Å². The van der Waals surface area contributed by atoms with Crippen LogP contribution in [0.25, 0.3) is 0 Å². The molecule has 18 heavy (non-hydrogen) atoms. The average Bonchev–Trinajstić information content (AvgIpc) is 2.27. The van der Waals surface area contributed by atoms with E-state index in [-0.39, 0.29) is 24.0 Å². The van der Waals surface area contributed by atoms with Crippen LogP contribution in [0.4, 0.5) is 0 Å². The normalized spacial score (nSPS) is 24.9. The zero-order valence-electron chi connectivity index (χ0n) is 10.7. The maximum Gasteiger partial charge on any atom is 0.303 e. The number of piperidine rings is 1. The van der Waals surface area contributed by atoms with Gasteiger partial charge in [0, 0.05) is 19.5 Å². The molecule has 1 saturated heterocycles. The minimum absolute atomic E-state index is 0.0435. The first kappa shape index (κ1) is 15.4. The van der Waals surface area contributed by atoms with Crippen LogP contribution in [-0.4, -0.2) is 44.9 Å². The van der Waals surface area contributed by atoms with Crippen LogP contribution in [0.5, 0.6) is 0 Å². The van der Waals surface area contributed by atoms with Gasteiger partial charge in [-0.1, -0.05) is 6.92 Å². The van der Waals surface area contributed by atoms with Crippen LogP contribution in [0.2, 0.25) is 0 Å². The Labute approximate surface area is 108 Å². The van der Waals surface area contributed by atoms with E-state index in [1.807, 2.05) is 0 Å². The van der Waals surface area contributed by atoms with Gasteiger partial charge in [-0.3, -0.25) is 4.79 Å². The van der Waals surface area contributed by atoms with Crippen molar-refractivity contribution in [3.05, 3.63) is 0 Å².